The predicted molar refractivity (Wildman–Crippen MR) is 149 cm³/mol. The molecule has 3 aromatic carbocycles. The molecule has 0 bridgehead atoms. The summed E-state index contributed by atoms with van der Waals surface area (Å²) in [6, 6.07) is 23.3. The van der Waals surface area contributed by atoms with E-state index in [9.17, 15) is 18.0 Å². The van der Waals surface area contributed by atoms with Gasteiger partial charge in [0.05, 0.1) is 10.6 Å². The van der Waals surface area contributed by atoms with Crippen molar-refractivity contribution >= 4 is 43.5 Å². The average Bonchev–Trinajstić information content (AvgIpc) is 2.91. The molecule has 9 heteroatoms. The monoisotopic (exact) mass is 585 g/mol. The SMILES string of the molecule is CCCCNC(=O)[C@@H](C)N(Cc1ccccc1)C(=O)CN(c1ccc(Br)cc1)S(=O)(=O)c1ccccc1. The third kappa shape index (κ3) is 7.66. The molecule has 1 N–H and O–H groups in total. The fourth-order valence-corrected chi connectivity index (χ4v) is 5.45. The summed E-state index contributed by atoms with van der Waals surface area (Å²) in [6.45, 7) is 3.92. The molecule has 1 atom stereocenters. The topological polar surface area (TPSA) is 86.8 Å². The molecule has 7 nitrogen and oxygen atoms in total. The van der Waals surface area contributed by atoms with Gasteiger partial charge in [0.1, 0.15) is 12.6 Å². The van der Waals surface area contributed by atoms with E-state index in [0.29, 0.717) is 12.2 Å². The maximum Gasteiger partial charge on any atom is 0.264 e. The van der Waals surface area contributed by atoms with Crippen LogP contribution in [0, 0.1) is 0 Å². The van der Waals surface area contributed by atoms with Crippen molar-refractivity contribution in [3.63, 3.8) is 0 Å². The van der Waals surface area contributed by atoms with Crippen LogP contribution < -0.4 is 9.62 Å². The van der Waals surface area contributed by atoms with Crippen molar-refractivity contribution < 1.29 is 18.0 Å². The van der Waals surface area contributed by atoms with Gasteiger partial charge in [-0.05, 0) is 55.3 Å². The lowest BCUT2D eigenvalue weighted by Gasteiger charge is -2.32. The molecule has 0 radical (unpaired) electrons. The van der Waals surface area contributed by atoms with E-state index in [2.05, 4.69) is 21.2 Å². The summed E-state index contributed by atoms with van der Waals surface area (Å²) in [6.07, 6.45) is 1.76. The second kappa shape index (κ2) is 13.4. The fourth-order valence-electron chi connectivity index (χ4n) is 3.75. The molecule has 3 aromatic rings. The Labute approximate surface area is 227 Å². The molecule has 0 unspecified atom stereocenters. The van der Waals surface area contributed by atoms with Crippen LogP contribution in [0.3, 0.4) is 0 Å². The highest BCUT2D eigenvalue weighted by Crippen LogP contribution is 2.26. The first kappa shape index (κ1) is 28.4. The van der Waals surface area contributed by atoms with Crippen LogP contribution in [0.4, 0.5) is 5.69 Å². The lowest BCUT2D eigenvalue weighted by Crippen LogP contribution is -2.51. The van der Waals surface area contributed by atoms with Crippen molar-refractivity contribution in [3.8, 4) is 0 Å². The van der Waals surface area contributed by atoms with E-state index in [1.807, 2.05) is 37.3 Å². The minimum Gasteiger partial charge on any atom is -0.354 e. The van der Waals surface area contributed by atoms with Crippen LogP contribution in [0.15, 0.2) is 94.3 Å². The van der Waals surface area contributed by atoms with Crippen LogP contribution in [0.25, 0.3) is 0 Å². The maximum atomic E-state index is 13.8. The highest BCUT2D eigenvalue weighted by atomic mass is 79.9. The van der Waals surface area contributed by atoms with Crippen LogP contribution >= 0.6 is 15.9 Å². The minimum absolute atomic E-state index is 0.0747. The van der Waals surface area contributed by atoms with E-state index in [1.54, 1.807) is 49.4 Å². The minimum atomic E-state index is -4.06. The Bertz CT molecular complexity index is 1270. The lowest BCUT2D eigenvalue weighted by molar-refractivity contribution is -0.139. The van der Waals surface area contributed by atoms with Crippen LogP contribution in [0.5, 0.6) is 0 Å². The molecular weight excluding hydrogens is 554 g/mol. The third-order valence-corrected chi connectivity index (χ3v) is 8.23. The van der Waals surface area contributed by atoms with Crippen LogP contribution in [-0.4, -0.2) is 44.3 Å². The van der Waals surface area contributed by atoms with E-state index in [4.69, 9.17) is 0 Å². The van der Waals surface area contributed by atoms with Gasteiger partial charge in [0, 0.05) is 17.6 Å². The van der Waals surface area contributed by atoms with Crippen molar-refractivity contribution in [2.45, 2.75) is 44.2 Å². The van der Waals surface area contributed by atoms with Gasteiger partial charge in [0.15, 0.2) is 0 Å². The van der Waals surface area contributed by atoms with Gasteiger partial charge in [-0.25, -0.2) is 8.42 Å². The van der Waals surface area contributed by atoms with Gasteiger partial charge in [0.25, 0.3) is 10.0 Å². The molecule has 0 spiro atoms. The van der Waals surface area contributed by atoms with Crippen molar-refractivity contribution in [1.29, 1.82) is 0 Å². The molecule has 0 aliphatic heterocycles. The van der Waals surface area contributed by atoms with Crippen molar-refractivity contribution in [2.75, 3.05) is 17.4 Å². The standard InChI is InChI=1S/C28H32BrN3O4S/c1-3-4-19-30-28(34)22(2)31(20-23-11-7-5-8-12-23)27(33)21-32(25-17-15-24(29)16-18-25)37(35,36)26-13-9-6-10-14-26/h5-18,22H,3-4,19-21H2,1-2H3,(H,30,34)/t22-/m1/s1. The number of nitrogens with zero attached hydrogens (tertiary/aromatic N) is 2. The first-order chi connectivity index (χ1) is 17.7. The zero-order valence-corrected chi connectivity index (χ0v) is 23.4. The van der Waals surface area contributed by atoms with Gasteiger partial charge in [-0.2, -0.15) is 0 Å². The molecule has 0 aliphatic rings. The second-order valence-corrected chi connectivity index (χ2v) is 11.4. The molecule has 196 valence electrons. The highest BCUT2D eigenvalue weighted by Gasteiger charge is 2.32. The van der Waals surface area contributed by atoms with Gasteiger partial charge in [-0.15, -0.1) is 0 Å². The Kier molecular flexibility index (Phi) is 10.3. The van der Waals surface area contributed by atoms with Crippen LogP contribution in [-0.2, 0) is 26.2 Å². The Morgan fingerprint density at radius 2 is 1.51 bits per heavy atom. The molecule has 0 aliphatic carbocycles. The Morgan fingerprint density at radius 1 is 0.919 bits per heavy atom. The number of nitrogens with one attached hydrogen (secondary N) is 1. The van der Waals surface area contributed by atoms with Crippen molar-refractivity contribution in [2.24, 2.45) is 0 Å². The first-order valence-corrected chi connectivity index (χ1v) is 14.4. The molecular formula is C28H32BrN3O4S. The van der Waals surface area contributed by atoms with E-state index < -0.39 is 28.5 Å². The normalized spacial score (nSPS) is 12.0. The Balaban J connectivity index is 1.96. The molecule has 0 fully saturated rings. The molecule has 0 aromatic heterocycles. The van der Waals surface area contributed by atoms with E-state index in [0.717, 1.165) is 27.2 Å². The van der Waals surface area contributed by atoms with Crippen LogP contribution in [0.2, 0.25) is 0 Å². The fraction of sp³-hybridized carbons (Fsp3) is 0.286. The molecule has 2 amide bonds. The highest BCUT2D eigenvalue weighted by molar-refractivity contribution is 9.10. The van der Waals surface area contributed by atoms with E-state index in [1.165, 1.54) is 17.0 Å². The molecule has 0 heterocycles. The zero-order valence-electron chi connectivity index (χ0n) is 21.0. The molecule has 37 heavy (non-hydrogen) atoms. The number of carbonyl (C=O) groups excluding carboxylic acids is 2. The number of sulfonamides is 1. The summed E-state index contributed by atoms with van der Waals surface area (Å²) in [5.74, 6) is -0.761. The average molecular weight is 587 g/mol. The van der Waals surface area contributed by atoms with Gasteiger partial charge in [-0.1, -0.05) is 77.8 Å². The van der Waals surface area contributed by atoms with Gasteiger partial charge >= 0.3 is 0 Å². The number of rotatable bonds is 12. The largest absolute Gasteiger partial charge is 0.354 e. The summed E-state index contributed by atoms with van der Waals surface area (Å²) in [7, 11) is -4.06. The second-order valence-electron chi connectivity index (χ2n) is 8.63. The van der Waals surface area contributed by atoms with Crippen molar-refractivity contribution in [3.05, 3.63) is 95.0 Å². The number of anilines is 1. The number of carbonyl (C=O) groups is 2. The van der Waals surface area contributed by atoms with E-state index >= 15 is 0 Å². The van der Waals surface area contributed by atoms with Crippen LogP contribution in [0.1, 0.15) is 32.3 Å². The number of hydrogen-bond donors (Lipinski definition) is 1. The number of benzene rings is 3. The Hall–Kier alpha value is -3.17. The molecule has 0 saturated carbocycles. The first-order valence-electron chi connectivity index (χ1n) is 12.2. The summed E-state index contributed by atoms with van der Waals surface area (Å²) >= 11 is 3.37. The maximum absolute atomic E-state index is 13.8. The smallest absolute Gasteiger partial charge is 0.264 e. The van der Waals surface area contributed by atoms with Crippen molar-refractivity contribution in [1.82, 2.24) is 10.2 Å². The number of unbranched alkanes of at least 4 members (excludes halogenated alkanes) is 1. The summed E-state index contributed by atoms with van der Waals surface area (Å²) in [5.41, 5.74) is 1.19. The van der Waals surface area contributed by atoms with Gasteiger partial charge in [-0.3, -0.25) is 13.9 Å². The quantitative estimate of drug-likeness (QED) is 0.304. The van der Waals surface area contributed by atoms with Gasteiger partial charge < -0.3 is 10.2 Å². The number of halogens is 1. The zero-order chi connectivity index (χ0) is 26.8. The number of hydrogen-bond acceptors (Lipinski definition) is 4. The number of amides is 2. The third-order valence-electron chi connectivity index (χ3n) is 5.92. The van der Waals surface area contributed by atoms with E-state index in [-0.39, 0.29) is 17.3 Å². The lowest BCUT2D eigenvalue weighted by atomic mass is 10.1. The summed E-state index contributed by atoms with van der Waals surface area (Å²) < 4.78 is 29.2. The van der Waals surface area contributed by atoms with Gasteiger partial charge in [0.2, 0.25) is 11.8 Å². The molecule has 0 saturated heterocycles. The summed E-state index contributed by atoms with van der Waals surface area (Å²) in [5, 5.41) is 2.88. The molecule has 3 rings (SSSR count). The summed E-state index contributed by atoms with van der Waals surface area (Å²) in [4.78, 5) is 28.2. The Morgan fingerprint density at radius 3 is 2.11 bits per heavy atom. The predicted octanol–water partition coefficient (Wildman–Crippen LogP) is 4.98.